The number of aliphatic hydroxyl groups is 1. The van der Waals surface area contributed by atoms with Crippen LogP contribution in [0.5, 0.6) is 0 Å². The molecule has 1 saturated carbocycles. The molecule has 0 saturated heterocycles. The van der Waals surface area contributed by atoms with Crippen LogP contribution in [0.15, 0.2) is 12.1 Å². The fourth-order valence-corrected chi connectivity index (χ4v) is 2.62. The second kappa shape index (κ2) is 5.52. The molecule has 1 aromatic carbocycles. The second-order valence-electron chi connectivity index (χ2n) is 4.87. The highest BCUT2D eigenvalue weighted by Gasteiger charge is 2.26. The van der Waals surface area contributed by atoms with E-state index in [2.05, 4.69) is 5.32 Å². The number of nitrogen functional groups attached to an aromatic ring is 1. The van der Waals surface area contributed by atoms with E-state index in [1.165, 1.54) is 0 Å². The molecule has 0 radical (unpaired) electrons. The average Bonchev–Trinajstić information content (AvgIpc) is 2.75. The van der Waals surface area contributed by atoms with Gasteiger partial charge in [0.15, 0.2) is 11.6 Å². The van der Waals surface area contributed by atoms with Gasteiger partial charge in [-0.15, -0.1) is 0 Å². The molecule has 18 heavy (non-hydrogen) atoms. The topological polar surface area (TPSA) is 58.3 Å². The number of hydrogen-bond donors (Lipinski definition) is 3. The van der Waals surface area contributed by atoms with Gasteiger partial charge in [-0.3, -0.25) is 0 Å². The van der Waals surface area contributed by atoms with Crippen LogP contribution in [-0.2, 0) is 0 Å². The number of rotatable bonds is 4. The first-order chi connectivity index (χ1) is 8.61. The van der Waals surface area contributed by atoms with Crippen molar-refractivity contribution in [3.63, 3.8) is 0 Å². The number of aliphatic hydroxyl groups excluding tert-OH is 1. The Hall–Kier alpha value is -1.36. The van der Waals surface area contributed by atoms with Crippen LogP contribution in [0.3, 0.4) is 0 Å². The molecule has 0 bridgehead atoms. The molecule has 1 aromatic rings. The third-order valence-electron chi connectivity index (χ3n) is 3.66. The van der Waals surface area contributed by atoms with Gasteiger partial charge < -0.3 is 16.2 Å². The van der Waals surface area contributed by atoms with Crippen molar-refractivity contribution in [3.05, 3.63) is 23.8 Å². The number of halogens is 2. The zero-order valence-corrected chi connectivity index (χ0v) is 10.1. The minimum absolute atomic E-state index is 0.0738. The SMILES string of the molecule is Nc1cc(F)c(NCC2CCCC2CO)c(F)c1. The third-order valence-corrected chi connectivity index (χ3v) is 3.66. The Morgan fingerprint density at radius 1 is 1.22 bits per heavy atom. The number of nitrogens with two attached hydrogens (primary N) is 1. The van der Waals surface area contributed by atoms with Crippen molar-refractivity contribution in [3.8, 4) is 0 Å². The van der Waals surface area contributed by atoms with Gasteiger partial charge >= 0.3 is 0 Å². The van der Waals surface area contributed by atoms with Crippen molar-refractivity contribution in [1.82, 2.24) is 0 Å². The van der Waals surface area contributed by atoms with E-state index >= 15 is 0 Å². The number of nitrogens with one attached hydrogen (secondary N) is 1. The molecule has 1 fully saturated rings. The number of hydrogen-bond acceptors (Lipinski definition) is 3. The number of benzene rings is 1. The molecule has 2 rings (SSSR count). The zero-order valence-electron chi connectivity index (χ0n) is 10.1. The maximum Gasteiger partial charge on any atom is 0.151 e. The Labute approximate surface area is 105 Å². The first kappa shape index (κ1) is 13.1. The van der Waals surface area contributed by atoms with E-state index < -0.39 is 11.6 Å². The summed E-state index contributed by atoms with van der Waals surface area (Å²) in [7, 11) is 0. The van der Waals surface area contributed by atoms with Crippen molar-refractivity contribution in [2.75, 3.05) is 24.2 Å². The summed E-state index contributed by atoms with van der Waals surface area (Å²) in [6, 6.07) is 2.20. The molecule has 2 atom stereocenters. The monoisotopic (exact) mass is 256 g/mol. The molecule has 0 spiro atoms. The first-order valence-corrected chi connectivity index (χ1v) is 6.21. The lowest BCUT2D eigenvalue weighted by atomic mass is 9.97. The summed E-state index contributed by atoms with van der Waals surface area (Å²) in [4.78, 5) is 0. The van der Waals surface area contributed by atoms with E-state index in [9.17, 15) is 13.9 Å². The highest BCUT2D eigenvalue weighted by atomic mass is 19.1. The van der Waals surface area contributed by atoms with E-state index in [4.69, 9.17) is 5.73 Å². The van der Waals surface area contributed by atoms with Crippen molar-refractivity contribution in [1.29, 1.82) is 0 Å². The smallest absolute Gasteiger partial charge is 0.151 e. The first-order valence-electron chi connectivity index (χ1n) is 6.21. The van der Waals surface area contributed by atoms with Gasteiger partial charge in [-0.1, -0.05) is 6.42 Å². The van der Waals surface area contributed by atoms with Gasteiger partial charge in [0.25, 0.3) is 0 Å². The van der Waals surface area contributed by atoms with Crippen LogP contribution >= 0.6 is 0 Å². The van der Waals surface area contributed by atoms with Crippen LogP contribution in [0.4, 0.5) is 20.2 Å². The summed E-state index contributed by atoms with van der Waals surface area (Å²) in [5.41, 5.74) is 5.29. The lowest BCUT2D eigenvalue weighted by molar-refractivity contribution is 0.199. The van der Waals surface area contributed by atoms with Gasteiger partial charge in [0.1, 0.15) is 5.69 Å². The standard InChI is InChI=1S/C13H18F2N2O/c14-11-4-10(16)5-12(15)13(11)17-6-8-2-1-3-9(8)7-18/h4-5,8-9,17-18H,1-3,6-7,16H2. The van der Waals surface area contributed by atoms with Gasteiger partial charge in [-0.05, 0) is 36.8 Å². The maximum atomic E-state index is 13.5. The molecule has 2 unspecified atom stereocenters. The molecule has 3 nitrogen and oxygen atoms in total. The van der Waals surface area contributed by atoms with Crippen molar-refractivity contribution in [2.45, 2.75) is 19.3 Å². The maximum absolute atomic E-state index is 13.5. The molecular weight excluding hydrogens is 238 g/mol. The van der Waals surface area contributed by atoms with Crippen LogP contribution in [0.1, 0.15) is 19.3 Å². The lowest BCUT2D eigenvalue weighted by Crippen LogP contribution is -2.21. The van der Waals surface area contributed by atoms with Crippen molar-refractivity contribution < 1.29 is 13.9 Å². The fourth-order valence-electron chi connectivity index (χ4n) is 2.62. The summed E-state index contributed by atoms with van der Waals surface area (Å²) < 4.78 is 27.1. The summed E-state index contributed by atoms with van der Waals surface area (Å²) in [5, 5.41) is 12.0. The van der Waals surface area contributed by atoms with Crippen LogP contribution in [0, 0.1) is 23.5 Å². The molecule has 4 N–H and O–H groups in total. The average molecular weight is 256 g/mol. The van der Waals surface area contributed by atoms with Gasteiger partial charge in [-0.25, -0.2) is 8.78 Å². The highest BCUT2D eigenvalue weighted by molar-refractivity contribution is 5.54. The molecular formula is C13H18F2N2O. The quantitative estimate of drug-likeness (QED) is 0.725. The largest absolute Gasteiger partial charge is 0.399 e. The molecule has 1 aliphatic carbocycles. The Morgan fingerprint density at radius 3 is 2.44 bits per heavy atom. The minimum Gasteiger partial charge on any atom is -0.399 e. The van der Waals surface area contributed by atoms with Crippen molar-refractivity contribution >= 4 is 11.4 Å². The van der Waals surface area contributed by atoms with Crippen LogP contribution in [0.25, 0.3) is 0 Å². The van der Waals surface area contributed by atoms with Gasteiger partial charge in [0.05, 0.1) is 0 Å². The molecule has 1 aliphatic rings. The van der Waals surface area contributed by atoms with Gasteiger partial charge in [0.2, 0.25) is 0 Å². The molecule has 0 heterocycles. The third kappa shape index (κ3) is 2.72. The summed E-state index contributed by atoms with van der Waals surface area (Å²) in [6.07, 6.45) is 3.02. The molecule has 0 amide bonds. The van der Waals surface area contributed by atoms with Crippen LogP contribution in [0.2, 0.25) is 0 Å². The predicted octanol–water partition coefficient (Wildman–Crippen LogP) is 2.37. The Morgan fingerprint density at radius 2 is 1.83 bits per heavy atom. The van der Waals surface area contributed by atoms with Gasteiger partial charge in [0, 0.05) is 18.8 Å². The zero-order chi connectivity index (χ0) is 13.1. The molecule has 5 heteroatoms. The Balaban J connectivity index is 2.02. The van der Waals surface area contributed by atoms with Crippen LogP contribution in [-0.4, -0.2) is 18.3 Å². The normalized spacial score (nSPS) is 23.3. The number of anilines is 2. The van der Waals surface area contributed by atoms with Crippen LogP contribution < -0.4 is 11.1 Å². The minimum atomic E-state index is -0.675. The fraction of sp³-hybridized carbons (Fsp3) is 0.538. The summed E-state index contributed by atoms with van der Waals surface area (Å²) >= 11 is 0. The summed E-state index contributed by atoms with van der Waals surface area (Å²) in [6.45, 7) is 0.613. The van der Waals surface area contributed by atoms with E-state index in [0.29, 0.717) is 6.54 Å². The van der Waals surface area contributed by atoms with E-state index in [1.54, 1.807) is 0 Å². The predicted molar refractivity (Wildman–Crippen MR) is 67.2 cm³/mol. The van der Waals surface area contributed by atoms with E-state index in [0.717, 1.165) is 31.4 Å². The lowest BCUT2D eigenvalue weighted by Gasteiger charge is -2.19. The Kier molecular flexibility index (Phi) is 4.01. The van der Waals surface area contributed by atoms with Crippen molar-refractivity contribution in [2.24, 2.45) is 11.8 Å². The Bertz CT molecular complexity index is 402. The second-order valence-corrected chi connectivity index (χ2v) is 4.87. The van der Waals surface area contributed by atoms with E-state index in [-0.39, 0.29) is 29.8 Å². The summed E-state index contributed by atoms with van der Waals surface area (Å²) in [5.74, 6) is -0.846. The van der Waals surface area contributed by atoms with Gasteiger partial charge in [-0.2, -0.15) is 0 Å². The molecule has 0 aliphatic heterocycles. The molecule has 0 aromatic heterocycles. The molecule has 100 valence electrons. The van der Waals surface area contributed by atoms with E-state index in [1.807, 2.05) is 0 Å². The highest BCUT2D eigenvalue weighted by Crippen LogP contribution is 2.32.